The molecule has 0 saturated carbocycles. The van der Waals surface area contributed by atoms with Crippen LogP contribution in [0.4, 0.5) is 0 Å². The minimum atomic E-state index is -3.62. The Bertz CT molecular complexity index is 589. The number of hydrogen-bond donors (Lipinski definition) is 1. The van der Waals surface area contributed by atoms with Crippen LogP contribution in [0.2, 0.25) is 0 Å². The Labute approximate surface area is 118 Å². The van der Waals surface area contributed by atoms with Gasteiger partial charge in [-0.25, -0.2) is 8.42 Å². The second-order valence-corrected chi connectivity index (χ2v) is 6.93. The number of aryl methyl sites for hydroxylation is 2. The van der Waals surface area contributed by atoms with Crippen LogP contribution in [0, 0.1) is 13.8 Å². The second kappa shape index (κ2) is 5.53. The normalized spacial score (nSPS) is 20.9. The number of rotatable bonds is 3. The van der Waals surface area contributed by atoms with E-state index in [0.29, 0.717) is 24.4 Å². The third-order valence-electron chi connectivity index (χ3n) is 3.36. The number of sulfonamides is 1. The summed E-state index contributed by atoms with van der Waals surface area (Å²) in [5, 5.41) is 6.47. The van der Waals surface area contributed by atoms with Crippen LogP contribution in [0.15, 0.2) is 9.42 Å². The third-order valence-corrected chi connectivity index (χ3v) is 5.47. The van der Waals surface area contributed by atoms with Gasteiger partial charge < -0.3 is 9.84 Å². The van der Waals surface area contributed by atoms with Gasteiger partial charge in [-0.05, 0) is 26.7 Å². The highest BCUT2D eigenvalue weighted by molar-refractivity contribution is 7.89. The molecule has 0 bridgehead atoms. The molecular formula is C12H19N3O4S. The molecule has 112 valence electrons. The SMILES string of the molecule is CC(=O)N[C@H]1CCCN(S(=O)(=O)c2c(C)noc2C)C1. The summed E-state index contributed by atoms with van der Waals surface area (Å²) in [6, 6.07) is -0.142. The maximum atomic E-state index is 12.6. The van der Waals surface area contributed by atoms with Crippen LogP contribution in [0.3, 0.4) is 0 Å². The highest BCUT2D eigenvalue weighted by Gasteiger charge is 2.34. The molecule has 0 spiro atoms. The van der Waals surface area contributed by atoms with Crippen molar-refractivity contribution < 1.29 is 17.7 Å². The van der Waals surface area contributed by atoms with Gasteiger partial charge in [-0.2, -0.15) is 4.31 Å². The molecule has 0 aliphatic carbocycles. The molecule has 1 fully saturated rings. The van der Waals surface area contributed by atoms with Gasteiger partial charge in [-0.1, -0.05) is 5.16 Å². The van der Waals surface area contributed by atoms with Crippen LogP contribution in [0.5, 0.6) is 0 Å². The van der Waals surface area contributed by atoms with Crippen molar-refractivity contribution in [1.29, 1.82) is 0 Å². The fraction of sp³-hybridized carbons (Fsp3) is 0.667. The first-order chi connectivity index (χ1) is 9.32. The summed E-state index contributed by atoms with van der Waals surface area (Å²) in [6.07, 6.45) is 1.50. The minimum Gasteiger partial charge on any atom is -0.360 e. The molecule has 1 N–H and O–H groups in total. The maximum absolute atomic E-state index is 12.6. The molecule has 0 unspecified atom stereocenters. The van der Waals surface area contributed by atoms with E-state index in [2.05, 4.69) is 10.5 Å². The molecule has 1 aliphatic heterocycles. The maximum Gasteiger partial charge on any atom is 0.248 e. The van der Waals surface area contributed by atoms with Crippen molar-refractivity contribution in [2.75, 3.05) is 13.1 Å². The van der Waals surface area contributed by atoms with Crippen molar-refractivity contribution in [3.05, 3.63) is 11.5 Å². The van der Waals surface area contributed by atoms with Crippen molar-refractivity contribution in [3.8, 4) is 0 Å². The lowest BCUT2D eigenvalue weighted by atomic mass is 10.1. The van der Waals surface area contributed by atoms with Gasteiger partial charge in [0.15, 0.2) is 5.76 Å². The topological polar surface area (TPSA) is 92.5 Å². The summed E-state index contributed by atoms with van der Waals surface area (Å²) in [7, 11) is -3.62. The van der Waals surface area contributed by atoms with E-state index in [1.54, 1.807) is 13.8 Å². The van der Waals surface area contributed by atoms with Crippen molar-refractivity contribution in [2.24, 2.45) is 0 Å². The summed E-state index contributed by atoms with van der Waals surface area (Å²) in [5.41, 5.74) is 0.365. The molecule has 8 heteroatoms. The number of piperidine rings is 1. The highest BCUT2D eigenvalue weighted by Crippen LogP contribution is 2.25. The Morgan fingerprint density at radius 2 is 2.15 bits per heavy atom. The quantitative estimate of drug-likeness (QED) is 0.881. The van der Waals surface area contributed by atoms with Crippen LogP contribution < -0.4 is 5.32 Å². The van der Waals surface area contributed by atoms with E-state index >= 15 is 0 Å². The van der Waals surface area contributed by atoms with Gasteiger partial charge in [-0.3, -0.25) is 4.79 Å². The van der Waals surface area contributed by atoms with E-state index in [-0.39, 0.29) is 23.4 Å². The van der Waals surface area contributed by atoms with Crippen molar-refractivity contribution in [2.45, 2.75) is 44.6 Å². The number of nitrogens with zero attached hydrogens (tertiary/aromatic N) is 2. The van der Waals surface area contributed by atoms with Crippen LogP contribution >= 0.6 is 0 Å². The number of hydrogen-bond acceptors (Lipinski definition) is 5. The molecule has 1 amide bonds. The first-order valence-electron chi connectivity index (χ1n) is 6.52. The van der Waals surface area contributed by atoms with E-state index in [1.807, 2.05) is 0 Å². The average Bonchev–Trinajstić information content (AvgIpc) is 2.69. The van der Waals surface area contributed by atoms with Crippen LogP contribution in [-0.4, -0.2) is 42.9 Å². The van der Waals surface area contributed by atoms with Crippen LogP contribution in [0.1, 0.15) is 31.2 Å². The zero-order valence-corrected chi connectivity index (χ0v) is 12.7. The summed E-state index contributed by atoms with van der Waals surface area (Å²) in [4.78, 5) is 11.2. The molecule has 7 nitrogen and oxygen atoms in total. The molecule has 2 rings (SSSR count). The van der Waals surface area contributed by atoms with E-state index < -0.39 is 10.0 Å². The smallest absolute Gasteiger partial charge is 0.248 e. The zero-order chi connectivity index (χ0) is 14.9. The van der Waals surface area contributed by atoms with Crippen molar-refractivity contribution in [3.63, 3.8) is 0 Å². The molecule has 1 saturated heterocycles. The lowest BCUT2D eigenvalue weighted by Gasteiger charge is -2.32. The molecule has 1 atom stereocenters. The molecule has 0 aromatic carbocycles. The predicted molar refractivity (Wildman–Crippen MR) is 71.6 cm³/mol. The molecular weight excluding hydrogens is 282 g/mol. The summed E-state index contributed by atoms with van der Waals surface area (Å²) < 4.78 is 31.6. The van der Waals surface area contributed by atoms with Crippen molar-refractivity contribution in [1.82, 2.24) is 14.8 Å². The number of carbonyl (C=O) groups excluding carboxylic acids is 1. The Morgan fingerprint density at radius 1 is 1.45 bits per heavy atom. The Balaban J connectivity index is 2.24. The van der Waals surface area contributed by atoms with Crippen LogP contribution in [0.25, 0.3) is 0 Å². The second-order valence-electron chi connectivity index (χ2n) is 5.06. The third kappa shape index (κ3) is 2.85. The minimum absolute atomic E-state index is 0.140. The van der Waals surface area contributed by atoms with Gasteiger partial charge >= 0.3 is 0 Å². The first-order valence-corrected chi connectivity index (χ1v) is 7.96. The first kappa shape index (κ1) is 15.0. The average molecular weight is 301 g/mol. The van der Waals surface area contributed by atoms with E-state index in [4.69, 9.17) is 4.52 Å². The van der Waals surface area contributed by atoms with E-state index in [1.165, 1.54) is 11.2 Å². The van der Waals surface area contributed by atoms with Gasteiger partial charge in [0.1, 0.15) is 10.6 Å². The van der Waals surface area contributed by atoms with Gasteiger partial charge in [0, 0.05) is 26.1 Å². The summed E-state index contributed by atoms with van der Waals surface area (Å²) in [5.74, 6) is 0.149. The molecule has 0 radical (unpaired) electrons. The monoisotopic (exact) mass is 301 g/mol. The summed E-state index contributed by atoms with van der Waals surface area (Å²) in [6.45, 7) is 5.36. The van der Waals surface area contributed by atoms with Gasteiger partial charge in [0.25, 0.3) is 0 Å². The molecule has 1 aromatic rings. The number of carbonyl (C=O) groups is 1. The van der Waals surface area contributed by atoms with E-state index in [9.17, 15) is 13.2 Å². The van der Waals surface area contributed by atoms with Gasteiger partial charge in [0.2, 0.25) is 15.9 Å². The Morgan fingerprint density at radius 3 is 2.70 bits per heavy atom. The summed E-state index contributed by atoms with van der Waals surface area (Å²) >= 11 is 0. The predicted octanol–water partition coefficient (Wildman–Crippen LogP) is 0.581. The van der Waals surface area contributed by atoms with Gasteiger partial charge in [0.05, 0.1) is 0 Å². The number of nitrogens with one attached hydrogen (secondary N) is 1. The molecule has 20 heavy (non-hydrogen) atoms. The number of aromatic nitrogens is 1. The highest BCUT2D eigenvalue weighted by atomic mass is 32.2. The van der Waals surface area contributed by atoms with E-state index in [0.717, 1.165) is 6.42 Å². The van der Waals surface area contributed by atoms with Gasteiger partial charge in [-0.15, -0.1) is 0 Å². The lowest BCUT2D eigenvalue weighted by molar-refractivity contribution is -0.119. The van der Waals surface area contributed by atoms with Crippen LogP contribution in [-0.2, 0) is 14.8 Å². The van der Waals surface area contributed by atoms with Crippen molar-refractivity contribution >= 4 is 15.9 Å². The Hall–Kier alpha value is -1.41. The Kier molecular flexibility index (Phi) is 4.14. The largest absolute Gasteiger partial charge is 0.360 e. The molecule has 1 aliphatic rings. The number of amides is 1. The lowest BCUT2D eigenvalue weighted by Crippen LogP contribution is -2.49. The standard InChI is InChI=1S/C12H19N3O4S/c1-8-12(9(2)19-14-8)20(17,18)15-6-4-5-11(7-15)13-10(3)16/h11H,4-7H2,1-3H3,(H,13,16)/t11-/m0/s1. The zero-order valence-electron chi connectivity index (χ0n) is 11.8. The molecule has 1 aromatic heterocycles. The fourth-order valence-electron chi connectivity index (χ4n) is 2.54. The fourth-order valence-corrected chi connectivity index (χ4v) is 4.35. The molecule has 2 heterocycles.